The van der Waals surface area contributed by atoms with Crippen molar-refractivity contribution in [2.24, 2.45) is 0 Å². The van der Waals surface area contributed by atoms with E-state index in [9.17, 15) is 4.79 Å². The molecule has 0 saturated heterocycles. The van der Waals surface area contributed by atoms with E-state index < -0.39 is 0 Å². The molecule has 0 bridgehead atoms. The van der Waals surface area contributed by atoms with Gasteiger partial charge in [-0.2, -0.15) is 5.10 Å². The quantitative estimate of drug-likeness (QED) is 0.618. The van der Waals surface area contributed by atoms with E-state index in [0.29, 0.717) is 13.1 Å². The molecule has 0 aliphatic carbocycles. The highest BCUT2D eigenvalue weighted by Gasteiger charge is 2.16. The van der Waals surface area contributed by atoms with E-state index in [-0.39, 0.29) is 5.91 Å². The van der Waals surface area contributed by atoms with Gasteiger partial charge in [0, 0.05) is 37.2 Å². The van der Waals surface area contributed by atoms with Gasteiger partial charge in [-0.1, -0.05) is 6.58 Å². The van der Waals surface area contributed by atoms with Crippen LogP contribution < -0.4 is 0 Å². The predicted octanol–water partition coefficient (Wildman–Crippen LogP) is 3.47. The minimum Gasteiger partial charge on any atom is -0.329 e. The molecular formula is C18H20N4OS. The molecule has 3 aromatic rings. The Kier molecular flexibility index (Phi) is 4.96. The van der Waals surface area contributed by atoms with Gasteiger partial charge in [0.25, 0.3) is 0 Å². The second-order valence-electron chi connectivity index (χ2n) is 5.40. The highest BCUT2D eigenvalue weighted by Crippen LogP contribution is 2.24. The number of hydrogen-bond donors (Lipinski definition) is 0. The van der Waals surface area contributed by atoms with Crippen LogP contribution in [0.15, 0.2) is 60.9 Å². The first-order chi connectivity index (χ1) is 11.7. The van der Waals surface area contributed by atoms with E-state index in [1.165, 1.54) is 6.08 Å². The maximum Gasteiger partial charge on any atom is 0.246 e. The van der Waals surface area contributed by atoms with Gasteiger partial charge in [-0.15, -0.1) is 11.3 Å². The maximum atomic E-state index is 12.3. The van der Waals surface area contributed by atoms with Crippen molar-refractivity contribution >= 4 is 17.2 Å². The molecule has 0 aliphatic heterocycles. The average Bonchev–Trinajstić information content (AvgIpc) is 3.34. The van der Waals surface area contributed by atoms with E-state index in [0.717, 1.165) is 22.8 Å². The van der Waals surface area contributed by atoms with Crippen LogP contribution in [0.1, 0.15) is 18.2 Å². The molecule has 5 nitrogen and oxygen atoms in total. The summed E-state index contributed by atoms with van der Waals surface area (Å²) in [5.74, 6) is -0.0919. The monoisotopic (exact) mass is 340 g/mol. The molecule has 0 saturated carbocycles. The third-order valence-electron chi connectivity index (χ3n) is 3.78. The summed E-state index contributed by atoms with van der Waals surface area (Å²) in [5.41, 5.74) is 1.99. The molecule has 124 valence electrons. The van der Waals surface area contributed by atoms with Crippen LogP contribution >= 0.6 is 11.3 Å². The van der Waals surface area contributed by atoms with Crippen LogP contribution in [0.25, 0.3) is 5.00 Å². The summed E-state index contributed by atoms with van der Waals surface area (Å²) in [6, 6.07) is 8.00. The molecular weight excluding hydrogens is 320 g/mol. The van der Waals surface area contributed by atoms with Crippen LogP contribution in [0.5, 0.6) is 0 Å². The third kappa shape index (κ3) is 3.49. The van der Waals surface area contributed by atoms with Crippen molar-refractivity contribution in [3.05, 3.63) is 72.1 Å². The summed E-state index contributed by atoms with van der Waals surface area (Å²) in [7, 11) is 0. The highest BCUT2D eigenvalue weighted by molar-refractivity contribution is 7.12. The molecule has 3 rings (SSSR count). The zero-order valence-electron chi connectivity index (χ0n) is 13.6. The number of thiophene rings is 1. The zero-order valence-corrected chi connectivity index (χ0v) is 14.4. The van der Waals surface area contributed by atoms with Crippen LogP contribution in [0.3, 0.4) is 0 Å². The Labute approximate surface area is 145 Å². The molecule has 0 aliphatic rings. The molecule has 0 N–H and O–H groups in total. The van der Waals surface area contributed by atoms with Crippen LogP contribution in [-0.2, 0) is 24.4 Å². The smallest absolute Gasteiger partial charge is 0.246 e. The summed E-state index contributed by atoms with van der Waals surface area (Å²) in [5, 5.41) is 7.65. The van der Waals surface area contributed by atoms with Crippen LogP contribution in [0, 0.1) is 0 Å². The van der Waals surface area contributed by atoms with Crippen molar-refractivity contribution in [1.29, 1.82) is 0 Å². The van der Waals surface area contributed by atoms with Crippen LogP contribution in [-0.4, -0.2) is 25.2 Å². The summed E-state index contributed by atoms with van der Waals surface area (Å²) in [4.78, 5) is 14.1. The summed E-state index contributed by atoms with van der Waals surface area (Å²) in [6.07, 6.45) is 7.32. The second-order valence-corrected chi connectivity index (χ2v) is 6.30. The maximum absolute atomic E-state index is 12.3. The fourth-order valence-corrected chi connectivity index (χ4v) is 3.44. The Morgan fingerprint density at radius 2 is 2.08 bits per heavy atom. The number of hydrogen-bond acceptors (Lipinski definition) is 3. The second kappa shape index (κ2) is 7.31. The summed E-state index contributed by atoms with van der Waals surface area (Å²) >= 11 is 1.66. The van der Waals surface area contributed by atoms with E-state index in [1.807, 2.05) is 53.8 Å². The van der Waals surface area contributed by atoms with Gasteiger partial charge < -0.3 is 9.47 Å². The van der Waals surface area contributed by atoms with Gasteiger partial charge in [0.15, 0.2) is 0 Å². The molecule has 0 aromatic carbocycles. The minimum atomic E-state index is -0.0919. The number of rotatable bonds is 7. The molecule has 24 heavy (non-hydrogen) atoms. The minimum absolute atomic E-state index is 0.0919. The normalized spacial score (nSPS) is 10.7. The Hall–Kier alpha value is -2.60. The van der Waals surface area contributed by atoms with Gasteiger partial charge in [-0.05, 0) is 42.6 Å². The van der Waals surface area contributed by atoms with Crippen LogP contribution in [0.2, 0.25) is 0 Å². The van der Waals surface area contributed by atoms with Crippen molar-refractivity contribution in [3.8, 4) is 5.00 Å². The van der Waals surface area contributed by atoms with E-state index in [2.05, 4.69) is 22.3 Å². The van der Waals surface area contributed by atoms with Gasteiger partial charge in [0.1, 0.15) is 5.00 Å². The van der Waals surface area contributed by atoms with Crippen LogP contribution in [0.4, 0.5) is 0 Å². The Morgan fingerprint density at radius 3 is 2.75 bits per heavy atom. The van der Waals surface area contributed by atoms with Gasteiger partial charge in [-0.25, -0.2) is 0 Å². The largest absolute Gasteiger partial charge is 0.329 e. The Bertz CT molecular complexity index is 816. The van der Waals surface area contributed by atoms with E-state index in [1.54, 1.807) is 16.2 Å². The molecule has 3 heterocycles. The lowest BCUT2D eigenvalue weighted by Gasteiger charge is -2.20. The summed E-state index contributed by atoms with van der Waals surface area (Å²) in [6.45, 7) is 7.48. The number of nitrogens with zero attached hydrogens (tertiary/aromatic N) is 4. The number of amides is 1. The Morgan fingerprint density at radius 1 is 1.29 bits per heavy atom. The molecule has 0 spiro atoms. The first-order valence-corrected chi connectivity index (χ1v) is 8.72. The van der Waals surface area contributed by atoms with Gasteiger partial charge in [-0.3, -0.25) is 9.48 Å². The standard InChI is InChI=1S/C18H20N4OS/c1-3-17(23)21(14-16-7-11-22(4-2)19-16)13-15-8-12-24-18(15)20-9-5-6-10-20/h3,5-12H,1,4,13-14H2,2H3. The number of carbonyl (C=O) groups is 1. The number of carbonyl (C=O) groups excluding carboxylic acids is 1. The lowest BCUT2D eigenvalue weighted by atomic mass is 10.2. The molecule has 0 radical (unpaired) electrons. The summed E-state index contributed by atoms with van der Waals surface area (Å²) < 4.78 is 3.93. The first kappa shape index (κ1) is 16.3. The molecule has 0 atom stereocenters. The zero-order chi connectivity index (χ0) is 16.9. The predicted molar refractivity (Wildman–Crippen MR) is 96.0 cm³/mol. The third-order valence-corrected chi connectivity index (χ3v) is 4.75. The first-order valence-electron chi connectivity index (χ1n) is 7.84. The van der Waals surface area contributed by atoms with Crippen molar-refractivity contribution in [2.45, 2.75) is 26.6 Å². The molecule has 0 unspecified atom stereocenters. The topological polar surface area (TPSA) is 43.1 Å². The fraction of sp³-hybridized carbons (Fsp3) is 0.222. The molecule has 1 amide bonds. The van der Waals surface area contributed by atoms with Gasteiger partial charge in [0.2, 0.25) is 5.91 Å². The molecule has 3 aromatic heterocycles. The van der Waals surface area contributed by atoms with Crippen molar-refractivity contribution in [1.82, 2.24) is 19.2 Å². The number of aromatic nitrogens is 3. The fourth-order valence-electron chi connectivity index (χ4n) is 2.55. The number of aryl methyl sites for hydroxylation is 1. The van der Waals surface area contributed by atoms with Crippen molar-refractivity contribution in [2.75, 3.05) is 0 Å². The molecule has 0 fully saturated rings. The molecule has 6 heteroatoms. The lowest BCUT2D eigenvalue weighted by molar-refractivity contribution is -0.127. The highest BCUT2D eigenvalue weighted by atomic mass is 32.1. The Balaban J connectivity index is 1.81. The van der Waals surface area contributed by atoms with Gasteiger partial charge >= 0.3 is 0 Å². The lowest BCUT2D eigenvalue weighted by Crippen LogP contribution is -2.28. The van der Waals surface area contributed by atoms with Gasteiger partial charge in [0.05, 0.1) is 12.2 Å². The SMILES string of the molecule is C=CC(=O)N(Cc1ccn(CC)n1)Cc1ccsc1-n1cccc1. The van der Waals surface area contributed by atoms with E-state index >= 15 is 0 Å². The van der Waals surface area contributed by atoms with Crippen molar-refractivity contribution in [3.63, 3.8) is 0 Å². The average molecular weight is 340 g/mol. The van der Waals surface area contributed by atoms with Crippen molar-refractivity contribution < 1.29 is 4.79 Å². The van der Waals surface area contributed by atoms with E-state index in [4.69, 9.17) is 0 Å².